The molecule has 0 heterocycles. The fraction of sp³-hybridized carbons (Fsp3) is 1.00. The van der Waals surface area contributed by atoms with Gasteiger partial charge in [0.15, 0.2) is 0 Å². The highest BCUT2D eigenvalue weighted by molar-refractivity contribution is 4.89. The monoisotopic (exact) mass is 484 g/mol. The van der Waals surface area contributed by atoms with Crippen molar-refractivity contribution in [3.05, 3.63) is 0 Å². The van der Waals surface area contributed by atoms with Crippen molar-refractivity contribution in [2.75, 3.05) is 0 Å². The van der Waals surface area contributed by atoms with E-state index in [-0.39, 0.29) is 0 Å². The van der Waals surface area contributed by atoms with E-state index in [0.29, 0.717) is 0 Å². The maximum absolute atomic E-state index is 12.9. The van der Waals surface area contributed by atoms with Gasteiger partial charge >= 0.3 is 42.5 Å². The van der Waals surface area contributed by atoms with Gasteiger partial charge in [-0.25, -0.2) is 13.5 Å². The van der Waals surface area contributed by atoms with Crippen LogP contribution in [0.25, 0.3) is 0 Å². The first-order chi connectivity index (χ1) is 12.2. The molecule has 20 heteroatoms. The molecule has 0 aliphatic rings. The normalized spacial score (nSPS) is 18.0. The van der Waals surface area contributed by atoms with Crippen LogP contribution < -0.4 is 0 Å². The zero-order valence-corrected chi connectivity index (χ0v) is 12.3. The predicted octanol–water partition coefficient (Wildman–Crippen LogP) is 5.83. The second-order valence-electron chi connectivity index (χ2n) is 4.71. The van der Waals surface area contributed by atoms with Crippen molar-refractivity contribution in [3.63, 3.8) is 0 Å². The largest absolute Gasteiger partial charge is 0.462 e. The molecule has 0 amide bonds. The molecule has 0 saturated carbocycles. The number of rotatable bonds is 8. The molecule has 0 N–H and O–H groups in total. The Bertz CT molecular complexity index is 561. The van der Waals surface area contributed by atoms with Crippen molar-refractivity contribution in [2.45, 2.75) is 55.1 Å². The van der Waals surface area contributed by atoms with Crippen molar-refractivity contribution in [1.82, 2.24) is 0 Å². The topological polar surface area (TPSA) is 18.5 Å². The van der Waals surface area contributed by atoms with Gasteiger partial charge in [0.25, 0.3) is 0 Å². The molecule has 0 aromatic rings. The Labute approximate surface area is 145 Å². The van der Waals surface area contributed by atoms with Crippen molar-refractivity contribution >= 4 is 0 Å². The average Bonchev–Trinajstić information content (AvgIpc) is 2.41. The van der Waals surface area contributed by atoms with Crippen molar-refractivity contribution in [3.8, 4) is 0 Å². The summed E-state index contributed by atoms with van der Waals surface area (Å²) in [5.74, 6) is -14.9. The summed E-state index contributed by atoms with van der Waals surface area (Å²) < 4.78 is 224. The minimum atomic E-state index is -7.51. The Kier molecular flexibility index (Phi) is 7.07. The summed E-state index contributed by atoms with van der Waals surface area (Å²) in [5.41, 5.74) is 0. The van der Waals surface area contributed by atoms with Gasteiger partial charge < -0.3 is 0 Å². The molecule has 2 nitrogen and oxygen atoms in total. The molecule has 176 valence electrons. The lowest BCUT2D eigenvalue weighted by atomic mass is 10.3. The number of alkyl halides is 18. The third kappa shape index (κ3) is 5.23. The van der Waals surface area contributed by atoms with Crippen LogP contribution in [0.4, 0.5) is 79.0 Å². The fourth-order valence-corrected chi connectivity index (χ4v) is 1.05. The quantitative estimate of drug-likeness (QED) is 0.404. The molecular formula is C9H2F18O2. The molecule has 29 heavy (non-hydrogen) atoms. The molecule has 0 aliphatic carbocycles. The van der Waals surface area contributed by atoms with E-state index in [4.69, 9.17) is 0 Å². The number of hydrogen-bond acceptors (Lipinski definition) is 2. The first kappa shape index (κ1) is 27.7. The van der Waals surface area contributed by atoms with Crippen LogP contribution in [0.2, 0.25) is 0 Å². The lowest BCUT2D eigenvalue weighted by Gasteiger charge is -2.33. The highest BCUT2D eigenvalue weighted by Gasteiger charge is 2.78. The van der Waals surface area contributed by atoms with Crippen LogP contribution in [0.1, 0.15) is 0 Å². The molecule has 0 radical (unpaired) electrons. The molecule has 2 atom stereocenters. The van der Waals surface area contributed by atoms with Crippen LogP contribution in [-0.4, -0.2) is 55.1 Å². The molecular weight excluding hydrogens is 482 g/mol. The third-order valence-corrected chi connectivity index (χ3v) is 2.52. The zero-order chi connectivity index (χ0) is 24.1. The van der Waals surface area contributed by atoms with Gasteiger partial charge in [0.1, 0.15) is 0 Å². The molecule has 0 rings (SSSR count). The fourth-order valence-electron chi connectivity index (χ4n) is 1.05. The van der Waals surface area contributed by atoms with Crippen LogP contribution in [0.3, 0.4) is 0 Å². The lowest BCUT2D eigenvalue weighted by Crippen LogP contribution is -2.59. The van der Waals surface area contributed by atoms with E-state index in [1.165, 1.54) is 4.74 Å². The molecule has 0 spiro atoms. The van der Waals surface area contributed by atoms with Crippen LogP contribution in [0.15, 0.2) is 0 Å². The van der Waals surface area contributed by atoms with Gasteiger partial charge in [-0.2, -0.15) is 70.2 Å². The smallest absolute Gasteiger partial charge is 0.277 e. The number of hydrogen-bond donors (Lipinski definition) is 0. The summed E-state index contributed by atoms with van der Waals surface area (Å²) in [7, 11) is 0. The Hall–Kier alpha value is -1.34. The summed E-state index contributed by atoms with van der Waals surface area (Å²) >= 11 is 0. The van der Waals surface area contributed by atoms with Gasteiger partial charge in [0.05, 0.1) is 0 Å². The SMILES string of the molecule is FC(OC(F)(F)C(F)(F)C(F)(F)F)C(F)C(F)(F)OC(F)(F)C(F)(F)C(F)(F)F. The van der Waals surface area contributed by atoms with Crippen molar-refractivity contribution < 1.29 is 88.5 Å². The summed E-state index contributed by atoms with van der Waals surface area (Å²) in [6, 6.07) is 0. The lowest BCUT2D eigenvalue weighted by molar-refractivity contribution is -0.489. The summed E-state index contributed by atoms with van der Waals surface area (Å²) in [4.78, 5) is 0. The van der Waals surface area contributed by atoms with Gasteiger partial charge in [0, 0.05) is 0 Å². The third-order valence-electron chi connectivity index (χ3n) is 2.52. The molecule has 0 saturated heterocycles. The van der Waals surface area contributed by atoms with Crippen molar-refractivity contribution in [2.24, 2.45) is 0 Å². The molecule has 0 aromatic carbocycles. The standard InChI is InChI=1S/C9H2F18O2/c10-1(2(11)28-8(24,25)4(14,15)6(18,19)20)3(12,13)29-9(26,27)5(16,17)7(21,22)23/h1-2H. The van der Waals surface area contributed by atoms with E-state index < -0.39 is 55.1 Å². The van der Waals surface area contributed by atoms with E-state index in [1.54, 1.807) is 4.74 Å². The molecule has 2 unspecified atom stereocenters. The van der Waals surface area contributed by atoms with E-state index >= 15 is 0 Å². The first-order valence-corrected chi connectivity index (χ1v) is 5.93. The second-order valence-corrected chi connectivity index (χ2v) is 4.71. The summed E-state index contributed by atoms with van der Waals surface area (Å²) in [5, 5.41) is 0. The minimum absolute atomic E-state index is 1.48. The zero-order valence-electron chi connectivity index (χ0n) is 12.3. The maximum Gasteiger partial charge on any atom is 0.462 e. The van der Waals surface area contributed by atoms with Crippen LogP contribution in [0.5, 0.6) is 0 Å². The number of halogens is 18. The van der Waals surface area contributed by atoms with Crippen LogP contribution >= 0.6 is 0 Å². The highest BCUT2D eigenvalue weighted by atomic mass is 19.4. The van der Waals surface area contributed by atoms with Crippen molar-refractivity contribution in [1.29, 1.82) is 0 Å². The Morgan fingerprint density at radius 3 is 1.10 bits per heavy atom. The van der Waals surface area contributed by atoms with E-state index in [2.05, 4.69) is 0 Å². The van der Waals surface area contributed by atoms with Gasteiger partial charge in [-0.3, -0.25) is 4.74 Å². The minimum Gasteiger partial charge on any atom is -0.277 e. The first-order valence-electron chi connectivity index (χ1n) is 5.93. The van der Waals surface area contributed by atoms with Crippen LogP contribution in [0, 0.1) is 0 Å². The molecule has 0 fully saturated rings. The highest BCUT2D eigenvalue weighted by Crippen LogP contribution is 2.51. The molecule has 0 bridgehead atoms. The summed E-state index contributed by atoms with van der Waals surface area (Å²) in [6.07, 6.45) is -47.2. The number of ether oxygens (including phenoxy) is 2. The van der Waals surface area contributed by atoms with E-state index in [0.717, 1.165) is 0 Å². The molecule has 0 aliphatic heterocycles. The van der Waals surface area contributed by atoms with E-state index in [1.807, 2.05) is 0 Å². The predicted molar refractivity (Wildman–Crippen MR) is 48.8 cm³/mol. The Balaban J connectivity index is 5.63. The summed E-state index contributed by atoms with van der Waals surface area (Å²) in [6.45, 7) is 0. The van der Waals surface area contributed by atoms with Gasteiger partial charge in [-0.05, 0) is 0 Å². The van der Waals surface area contributed by atoms with Crippen LogP contribution in [-0.2, 0) is 9.47 Å². The van der Waals surface area contributed by atoms with Gasteiger partial charge in [0.2, 0.25) is 12.5 Å². The average molecular weight is 484 g/mol. The Morgan fingerprint density at radius 2 is 0.793 bits per heavy atom. The van der Waals surface area contributed by atoms with E-state index in [9.17, 15) is 79.0 Å². The second kappa shape index (κ2) is 7.41. The Morgan fingerprint density at radius 1 is 0.483 bits per heavy atom. The van der Waals surface area contributed by atoms with Gasteiger partial charge in [-0.15, -0.1) is 0 Å². The maximum atomic E-state index is 12.9. The van der Waals surface area contributed by atoms with Gasteiger partial charge in [-0.1, -0.05) is 0 Å². The molecule has 0 aromatic heterocycles.